The van der Waals surface area contributed by atoms with E-state index >= 15 is 0 Å². The van der Waals surface area contributed by atoms with Crippen LogP contribution in [0.1, 0.15) is 17.5 Å². The molecule has 8 heteroatoms. The summed E-state index contributed by atoms with van der Waals surface area (Å²) >= 11 is 0. The van der Waals surface area contributed by atoms with E-state index in [1.807, 2.05) is 49.4 Å². The molecule has 0 bridgehead atoms. The fraction of sp³-hybridized carbons (Fsp3) is 0.417. The second-order valence-corrected chi connectivity index (χ2v) is 8.66. The molecular formula is C24H29N5O3. The van der Waals surface area contributed by atoms with Crippen LogP contribution in [0, 0.1) is 6.92 Å². The van der Waals surface area contributed by atoms with E-state index in [1.54, 1.807) is 19.1 Å². The number of imide groups is 1. The summed E-state index contributed by atoms with van der Waals surface area (Å²) in [4.78, 5) is 34.3. The van der Waals surface area contributed by atoms with Crippen LogP contribution < -0.4 is 15.0 Å². The second-order valence-electron chi connectivity index (χ2n) is 8.66. The van der Waals surface area contributed by atoms with Crippen LogP contribution >= 0.6 is 0 Å². The Balaban J connectivity index is 1.44. The zero-order valence-corrected chi connectivity index (χ0v) is 18.7. The van der Waals surface area contributed by atoms with Crippen molar-refractivity contribution in [1.29, 1.82) is 0 Å². The monoisotopic (exact) mass is 435 g/mol. The van der Waals surface area contributed by atoms with E-state index in [2.05, 4.69) is 21.2 Å². The highest BCUT2D eigenvalue weighted by Gasteiger charge is 2.56. The molecule has 0 aromatic heterocycles. The van der Waals surface area contributed by atoms with Crippen molar-refractivity contribution in [3.05, 3.63) is 59.7 Å². The Labute approximate surface area is 188 Å². The summed E-state index contributed by atoms with van der Waals surface area (Å²) in [5.41, 5.74) is 3.09. The lowest BCUT2D eigenvalue weighted by atomic mass is 10.1. The Hall–Kier alpha value is -3.10. The van der Waals surface area contributed by atoms with E-state index < -0.39 is 6.04 Å². The molecule has 3 aliphatic heterocycles. The van der Waals surface area contributed by atoms with Gasteiger partial charge in [-0.15, -0.1) is 0 Å². The lowest BCUT2D eigenvalue weighted by Gasteiger charge is -2.44. The van der Waals surface area contributed by atoms with Crippen LogP contribution in [-0.4, -0.2) is 72.4 Å². The average molecular weight is 436 g/mol. The summed E-state index contributed by atoms with van der Waals surface area (Å²) in [5.74, 6) is 0.659. The number of hydrogen-bond donors (Lipinski definition) is 1. The highest BCUT2D eigenvalue weighted by Crippen LogP contribution is 2.34. The molecule has 0 saturated carbocycles. The highest BCUT2D eigenvalue weighted by molar-refractivity contribution is 6.00. The molecule has 2 aromatic rings. The number of aryl methyl sites for hydroxylation is 1. The van der Waals surface area contributed by atoms with Gasteiger partial charge in [0.15, 0.2) is 0 Å². The predicted molar refractivity (Wildman–Crippen MR) is 121 cm³/mol. The number of carbonyl (C=O) groups excluding carboxylic acids is 2. The molecule has 8 nitrogen and oxygen atoms in total. The van der Waals surface area contributed by atoms with Gasteiger partial charge in [0, 0.05) is 31.9 Å². The first-order valence-corrected chi connectivity index (χ1v) is 11.0. The van der Waals surface area contributed by atoms with Gasteiger partial charge in [0.25, 0.3) is 5.91 Å². The highest BCUT2D eigenvalue weighted by atomic mass is 16.5. The molecule has 0 spiro atoms. The maximum Gasteiger partial charge on any atom is 0.328 e. The molecule has 3 unspecified atom stereocenters. The number of methoxy groups -OCH3 is 1. The topological polar surface area (TPSA) is 68.4 Å². The number of rotatable bonds is 4. The summed E-state index contributed by atoms with van der Waals surface area (Å²) in [6.45, 7) is 3.95. The fourth-order valence-electron chi connectivity index (χ4n) is 5.08. The number of urea groups is 1. The Kier molecular flexibility index (Phi) is 5.27. The van der Waals surface area contributed by atoms with Gasteiger partial charge >= 0.3 is 6.03 Å². The minimum absolute atomic E-state index is 0.135. The molecule has 3 fully saturated rings. The molecule has 3 saturated heterocycles. The quantitative estimate of drug-likeness (QED) is 0.794. The smallest absolute Gasteiger partial charge is 0.328 e. The van der Waals surface area contributed by atoms with Gasteiger partial charge in [-0.1, -0.05) is 30.3 Å². The van der Waals surface area contributed by atoms with Crippen molar-refractivity contribution < 1.29 is 14.3 Å². The molecule has 3 amide bonds. The number of anilines is 1. The summed E-state index contributed by atoms with van der Waals surface area (Å²) in [6.07, 6.45) is 0.407. The van der Waals surface area contributed by atoms with Crippen molar-refractivity contribution in [3.63, 3.8) is 0 Å². The largest absolute Gasteiger partial charge is 0.497 e. The van der Waals surface area contributed by atoms with E-state index in [-0.39, 0.29) is 30.9 Å². The van der Waals surface area contributed by atoms with Gasteiger partial charge in [-0.3, -0.25) is 19.9 Å². The first-order valence-electron chi connectivity index (χ1n) is 11.0. The molecule has 0 aliphatic carbocycles. The third-order valence-electron chi connectivity index (χ3n) is 6.84. The molecule has 1 N–H and O–H groups in total. The van der Waals surface area contributed by atoms with E-state index in [4.69, 9.17) is 4.74 Å². The number of likely N-dealkylation sites (N-methyl/N-ethyl adjacent to an activating group) is 1. The van der Waals surface area contributed by atoms with Gasteiger partial charge in [-0.25, -0.2) is 4.79 Å². The lowest BCUT2D eigenvalue weighted by molar-refractivity contribution is -0.139. The van der Waals surface area contributed by atoms with Crippen molar-refractivity contribution in [1.82, 2.24) is 20.0 Å². The van der Waals surface area contributed by atoms with Crippen LogP contribution in [0.4, 0.5) is 10.5 Å². The number of fused-ring (bicyclic) bond motifs is 3. The van der Waals surface area contributed by atoms with E-state index in [0.29, 0.717) is 0 Å². The van der Waals surface area contributed by atoms with E-state index in [0.717, 1.165) is 42.1 Å². The molecule has 32 heavy (non-hydrogen) atoms. The molecule has 3 heterocycles. The molecular weight excluding hydrogens is 406 g/mol. The van der Waals surface area contributed by atoms with Gasteiger partial charge in [-0.05, 0) is 36.6 Å². The third-order valence-corrected chi connectivity index (χ3v) is 6.84. The van der Waals surface area contributed by atoms with Crippen molar-refractivity contribution in [3.8, 4) is 5.75 Å². The first kappa shape index (κ1) is 20.8. The average Bonchev–Trinajstić information content (AvgIpc) is 3.21. The number of nitrogens with one attached hydrogen (secondary N) is 1. The lowest BCUT2D eigenvalue weighted by Crippen LogP contribution is -2.66. The van der Waals surface area contributed by atoms with Crippen molar-refractivity contribution >= 4 is 17.6 Å². The molecule has 2 aromatic carbocycles. The maximum absolute atomic E-state index is 13.6. The summed E-state index contributed by atoms with van der Waals surface area (Å²) in [5, 5.41) is 3.56. The van der Waals surface area contributed by atoms with Crippen molar-refractivity contribution in [2.24, 2.45) is 0 Å². The number of amides is 3. The van der Waals surface area contributed by atoms with Crippen LogP contribution in [0.25, 0.3) is 0 Å². The van der Waals surface area contributed by atoms with Gasteiger partial charge in [0.2, 0.25) is 0 Å². The normalized spacial score (nSPS) is 25.7. The van der Waals surface area contributed by atoms with E-state index in [9.17, 15) is 9.59 Å². The van der Waals surface area contributed by atoms with Crippen molar-refractivity contribution in [2.75, 3.05) is 32.1 Å². The zero-order valence-electron chi connectivity index (χ0n) is 18.7. The Bertz CT molecular complexity index is 1040. The second kappa shape index (κ2) is 8.11. The molecule has 168 valence electrons. The number of carbonyl (C=O) groups is 2. The van der Waals surface area contributed by atoms with E-state index in [1.165, 1.54) is 4.90 Å². The SMILES string of the molecule is COc1cccc(N2CCCN3C4C(=O)N(Cc5ccccc5C)C(=O)N(C)C4NC23)c1. The summed E-state index contributed by atoms with van der Waals surface area (Å²) in [7, 11) is 3.44. The first-order chi connectivity index (χ1) is 15.5. The number of nitrogens with zero attached hydrogens (tertiary/aromatic N) is 4. The van der Waals surface area contributed by atoms with Gasteiger partial charge < -0.3 is 14.5 Å². The van der Waals surface area contributed by atoms with Crippen LogP contribution in [0.15, 0.2) is 48.5 Å². The summed E-state index contributed by atoms with van der Waals surface area (Å²) in [6, 6.07) is 15.2. The maximum atomic E-state index is 13.6. The molecule has 3 aliphatic rings. The van der Waals surface area contributed by atoms with Crippen molar-refractivity contribution in [2.45, 2.75) is 38.4 Å². The number of ether oxygens (including phenoxy) is 1. The molecule has 3 atom stereocenters. The number of benzene rings is 2. The molecule has 5 rings (SSSR count). The van der Waals surface area contributed by atoms with Gasteiger partial charge in [-0.2, -0.15) is 0 Å². The minimum Gasteiger partial charge on any atom is -0.497 e. The summed E-state index contributed by atoms with van der Waals surface area (Å²) < 4.78 is 5.41. The predicted octanol–water partition coefficient (Wildman–Crippen LogP) is 2.19. The zero-order chi connectivity index (χ0) is 22.4. The third kappa shape index (κ3) is 3.30. The van der Waals surface area contributed by atoms with Crippen LogP contribution in [0.3, 0.4) is 0 Å². The van der Waals surface area contributed by atoms with Crippen LogP contribution in [0.5, 0.6) is 5.75 Å². The van der Waals surface area contributed by atoms with Crippen LogP contribution in [-0.2, 0) is 11.3 Å². The fourth-order valence-corrected chi connectivity index (χ4v) is 5.08. The van der Waals surface area contributed by atoms with Gasteiger partial charge in [0.1, 0.15) is 24.2 Å². The Morgan fingerprint density at radius 3 is 2.69 bits per heavy atom. The van der Waals surface area contributed by atoms with Gasteiger partial charge in [0.05, 0.1) is 13.7 Å². The minimum atomic E-state index is -0.417. The Morgan fingerprint density at radius 2 is 1.91 bits per heavy atom. The van der Waals surface area contributed by atoms with Crippen LogP contribution in [0.2, 0.25) is 0 Å². The standard InChI is InChI=1S/C24H29N5O3/c1-16-8-4-5-9-17(16)15-29-22(30)20-21(26(2)24(29)31)25-23-27(12-7-13-28(20)23)18-10-6-11-19(14-18)32-3/h4-6,8-11,14,20-21,23,25H,7,12-13,15H2,1-3H3. The Morgan fingerprint density at radius 1 is 1.09 bits per heavy atom. The number of hydrogen-bond acceptors (Lipinski definition) is 6. The molecule has 0 radical (unpaired) electrons.